The van der Waals surface area contributed by atoms with Gasteiger partial charge in [-0.3, -0.25) is 0 Å². The average molecular weight is 373 g/mol. The summed E-state index contributed by atoms with van der Waals surface area (Å²) >= 11 is 4.17. The summed E-state index contributed by atoms with van der Waals surface area (Å²) in [6.07, 6.45) is 0. The second-order valence-electron chi connectivity index (χ2n) is 4.18. The van der Waals surface area contributed by atoms with Crippen LogP contribution in [0.3, 0.4) is 0 Å². The van der Waals surface area contributed by atoms with Gasteiger partial charge >= 0.3 is 11.7 Å². The number of hydrogen-bond acceptors (Lipinski definition) is 4. The highest BCUT2D eigenvalue weighted by Gasteiger charge is 2.17. The first-order chi connectivity index (χ1) is 9.88. The van der Waals surface area contributed by atoms with Crippen LogP contribution in [0.4, 0.5) is 4.39 Å². The van der Waals surface area contributed by atoms with Crippen LogP contribution in [-0.2, 0) is 5.75 Å². The quantitative estimate of drug-likeness (QED) is 0.636. The molecule has 0 unspecified atom stereocenters. The third-order valence-corrected chi connectivity index (χ3v) is 4.20. The molecule has 8 heteroatoms. The monoisotopic (exact) mass is 372 g/mol. The maximum atomic E-state index is 13.7. The Morgan fingerprint density at radius 1 is 1.52 bits per heavy atom. The number of halogens is 2. The van der Waals surface area contributed by atoms with Gasteiger partial charge in [0.25, 0.3) is 0 Å². The van der Waals surface area contributed by atoms with E-state index >= 15 is 0 Å². The number of aromatic carboxylic acids is 1. The number of thioether (sulfide) groups is 1. The molecule has 2 rings (SSSR count). The number of hydrogen-bond donors (Lipinski definition) is 2. The van der Waals surface area contributed by atoms with Crippen LogP contribution in [0.2, 0.25) is 0 Å². The van der Waals surface area contributed by atoms with Gasteiger partial charge in [-0.15, -0.1) is 11.8 Å². The zero-order valence-corrected chi connectivity index (χ0v) is 13.2. The zero-order valence-electron chi connectivity index (χ0n) is 10.8. The molecule has 0 saturated heterocycles. The highest BCUT2D eigenvalue weighted by atomic mass is 79.9. The van der Waals surface area contributed by atoms with Gasteiger partial charge in [0.2, 0.25) is 0 Å². The van der Waals surface area contributed by atoms with E-state index in [1.54, 1.807) is 12.1 Å². The van der Waals surface area contributed by atoms with Crippen molar-refractivity contribution in [3.05, 3.63) is 55.8 Å². The number of aryl methyl sites for hydroxylation is 1. The molecule has 0 bridgehead atoms. The Balaban J connectivity index is 2.31. The number of H-pyrrole nitrogens is 1. The van der Waals surface area contributed by atoms with Crippen LogP contribution in [0.15, 0.2) is 32.5 Å². The van der Waals surface area contributed by atoms with Gasteiger partial charge in [-0.05, 0) is 24.6 Å². The maximum absolute atomic E-state index is 13.7. The van der Waals surface area contributed by atoms with Crippen molar-refractivity contribution in [1.82, 2.24) is 9.97 Å². The van der Waals surface area contributed by atoms with Crippen molar-refractivity contribution in [3.8, 4) is 0 Å². The third-order valence-electron chi connectivity index (χ3n) is 2.68. The molecule has 0 aliphatic heterocycles. The van der Waals surface area contributed by atoms with Crippen molar-refractivity contribution in [3.63, 3.8) is 0 Å². The molecule has 0 aliphatic carbocycles. The average Bonchev–Trinajstić information content (AvgIpc) is 2.36. The van der Waals surface area contributed by atoms with Gasteiger partial charge in [0.1, 0.15) is 16.4 Å². The third kappa shape index (κ3) is 3.70. The van der Waals surface area contributed by atoms with Crippen molar-refractivity contribution in [2.75, 3.05) is 0 Å². The fraction of sp³-hybridized carbons (Fsp3) is 0.154. The van der Waals surface area contributed by atoms with Crippen LogP contribution in [0.1, 0.15) is 21.6 Å². The summed E-state index contributed by atoms with van der Waals surface area (Å²) in [7, 11) is 0. The lowest BCUT2D eigenvalue weighted by atomic mass is 10.2. The number of benzene rings is 1. The first kappa shape index (κ1) is 15.7. The van der Waals surface area contributed by atoms with E-state index in [-0.39, 0.29) is 22.0 Å². The maximum Gasteiger partial charge on any atom is 0.346 e. The van der Waals surface area contributed by atoms with E-state index in [0.29, 0.717) is 10.0 Å². The van der Waals surface area contributed by atoms with E-state index in [4.69, 9.17) is 5.11 Å². The SMILES string of the molecule is Cc1[nH]c(=O)nc(SCc2ccc(Br)cc2F)c1C(=O)O. The van der Waals surface area contributed by atoms with Crippen LogP contribution in [0.25, 0.3) is 0 Å². The van der Waals surface area contributed by atoms with Gasteiger partial charge in [0.15, 0.2) is 0 Å². The molecule has 1 aromatic carbocycles. The second-order valence-corrected chi connectivity index (χ2v) is 6.06. The number of carboxylic acids is 1. The molecule has 0 spiro atoms. The summed E-state index contributed by atoms with van der Waals surface area (Å²) in [5, 5.41) is 9.24. The van der Waals surface area contributed by atoms with Gasteiger partial charge in [0.05, 0.1) is 0 Å². The fourth-order valence-electron chi connectivity index (χ4n) is 1.70. The first-order valence-electron chi connectivity index (χ1n) is 5.79. The number of aromatic amines is 1. The number of rotatable bonds is 4. The molecular weight excluding hydrogens is 363 g/mol. The number of aromatic nitrogens is 2. The summed E-state index contributed by atoms with van der Waals surface area (Å²) in [5.41, 5.74) is -0.0750. The van der Waals surface area contributed by atoms with Crippen molar-refractivity contribution < 1.29 is 14.3 Å². The Labute approximate surface area is 131 Å². The Morgan fingerprint density at radius 2 is 2.24 bits per heavy atom. The van der Waals surface area contributed by atoms with Gasteiger partial charge in [-0.2, -0.15) is 4.98 Å². The van der Waals surface area contributed by atoms with Gasteiger partial charge in [-0.25, -0.2) is 14.0 Å². The lowest BCUT2D eigenvalue weighted by Crippen LogP contribution is -2.18. The molecule has 21 heavy (non-hydrogen) atoms. The van der Waals surface area contributed by atoms with E-state index < -0.39 is 17.5 Å². The Morgan fingerprint density at radius 3 is 2.86 bits per heavy atom. The molecule has 0 radical (unpaired) electrons. The Kier molecular flexibility index (Phi) is 4.79. The molecule has 0 amide bonds. The minimum absolute atomic E-state index is 0.0721. The van der Waals surface area contributed by atoms with Crippen molar-refractivity contribution in [2.45, 2.75) is 17.7 Å². The van der Waals surface area contributed by atoms with E-state index in [1.165, 1.54) is 13.0 Å². The fourth-order valence-corrected chi connectivity index (χ4v) is 3.09. The Bertz CT molecular complexity index is 764. The van der Waals surface area contributed by atoms with Crippen LogP contribution in [0, 0.1) is 12.7 Å². The molecule has 1 aromatic heterocycles. The highest BCUT2D eigenvalue weighted by Crippen LogP contribution is 2.26. The molecule has 5 nitrogen and oxygen atoms in total. The van der Waals surface area contributed by atoms with Crippen LogP contribution >= 0.6 is 27.7 Å². The summed E-state index contributed by atoms with van der Waals surface area (Å²) in [6.45, 7) is 1.48. The molecule has 0 atom stereocenters. The predicted octanol–water partition coefficient (Wildman–Crippen LogP) is 2.97. The van der Waals surface area contributed by atoms with Gasteiger partial charge in [0, 0.05) is 15.9 Å². The lowest BCUT2D eigenvalue weighted by molar-refractivity contribution is 0.0690. The van der Waals surface area contributed by atoms with E-state index in [9.17, 15) is 14.0 Å². The van der Waals surface area contributed by atoms with E-state index in [1.807, 2.05) is 0 Å². The topological polar surface area (TPSA) is 83.0 Å². The Hall–Kier alpha value is -1.67. The van der Waals surface area contributed by atoms with Gasteiger partial charge in [-0.1, -0.05) is 22.0 Å². The molecular formula is C13H10BrFN2O3S. The van der Waals surface area contributed by atoms with Crippen LogP contribution in [-0.4, -0.2) is 21.0 Å². The molecule has 2 N–H and O–H groups in total. The summed E-state index contributed by atoms with van der Waals surface area (Å²) in [5.74, 6) is -1.42. The first-order valence-corrected chi connectivity index (χ1v) is 7.57. The minimum atomic E-state index is -1.19. The van der Waals surface area contributed by atoms with Crippen molar-refractivity contribution in [1.29, 1.82) is 0 Å². The summed E-state index contributed by atoms with van der Waals surface area (Å²) in [4.78, 5) is 28.6. The molecule has 2 aromatic rings. The minimum Gasteiger partial charge on any atom is -0.478 e. The number of carbonyl (C=O) groups is 1. The standard InChI is InChI=1S/C13H10BrFN2O3S/c1-6-10(12(18)19)11(17-13(20)16-6)21-5-7-2-3-8(14)4-9(7)15/h2-4H,5H2,1H3,(H,18,19)(H,16,17,20). The lowest BCUT2D eigenvalue weighted by Gasteiger charge is -2.07. The van der Waals surface area contributed by atoms with Gasteiger partial charge < -0.3 is 10.1 Å². The highest BCUT2D eigenvalue weighted by molar-refractivity contribution is 9.10. The molecule has 0 aliphatic rings. The summed E-state index contributed by atoms with van der Waals surface area (Å²) < 4.78 is 14.3. The number of nitrogens with zero attached hydrogens (tertiary/aromatic N) is 1. The number of nitrogens with one attached hydrogen (secondary N) is 1. The molecule has 0 saturated carbocycles. The second kappa shape index (κ2) is 6.40. The largest absolute Gasteiger partial charge is 0.478 e. The van der Waals surface area contributed by atoms with Crippen molar-refractivity contribution >= 4 is 33.7 Å². The van der Waals surface area contributed by atoms with Crippen LogP contribution < -0.4 is 5.69 Å². The zero-order chi connectivity index (χ0) is 15.6. The van der Waals surface area contributed by atoms with E-state index in [2.05, 4.69) is 25.9 Å². The predicted molar refractivity (Wildman–Crippen MR) is 80.2 cm³/mol. The van der Waals surface area contributed by atoms with Crippen molar-refractivity contribution in [2.24, 2.45) is 0 Å². The molecule has 110 valence electrons. The van der Waals surface area contributed by atoms with Crippen LogP contribution in [0.5, 0.6) is 0 Å². The number of carboxylic acid groups (broad SMARTS) is 1. The molecule has 0 fully saturated rings. The molecule has 1 heterocycles. The summed E-state index contributed by atoms with van der Waals surface area (Å²) in [6, 6.07) is 4.60. The van der Waals surface area contributed by atoms with E-state index in [0.717, 1.165) is 11.8 Å². The normalized spacial score (nSPS) is 10.6. The smallest absolute Gasteiger partial charge is 0.346 e.